The first-order valence-electron chi connectivity index (χ1n) is 8.56. The number of nitrogens with one attached hydrogen (secondary N) is 1. The maximum atomic E-state index is 13.3. The van der Waals surface area contributed by atoms with E-state index in [0.29, 0.717) is 6.54 Å². The van der Waals surface area contributed by atoms with Crippen molar-refractivity contribution in [2.45, 2.75) is 13.5 Å². The van der Waals surface area contributed by atoms with E-state index in [9.17, 15) is 4.39 Å². The Kier molecular flexibility index (Phi) is 8.02. The lowest BCUT2D eigenvalue weighted by Crippen LogP contribution is -2.52. The van der Waals surface area contributed by atoms with Gasteiger partial charge in [0.1, 0.15) is 5.82 Å². The number of guanidine groups is 1. The van der Waals surface area contributed by atoms with Crippen LogP contribution in [0.5, 0.6) is 0 Å². The van der Waals surface area contributed by atoms with Crippen molar-refractivity contribution in [2.75, 3.05) is 37.6 Å². The molecule has 0 saturated carbocycles. The van der Waals surface area contributed by atoms with Crippen LogP contribution in [0, 0.1) is 5.82 Å². The minimum Gasteiger partial charge on any atom is -0.357 e. The van der Waals surface area contributed by atoms with Crippen LogP contribution in [0.1, 0.15) is 12.5 Å². The molecule has 2 heterocycles. The van der Waals surface area contributed by atoms with Gasteiger partial charge >= 0.3 is 0 Å². The van der Waals surface area contributed by atoms with E-state index in [2.05, 4.69) is 30.1 Å². The van der Waals surface area contributed by atoms with Crippen molar-refractivity contribution in [3.63, 3.8) is 0 Å². The first kappa shape index (κ1) is 20.3. The third-order valence-corrected chi connectivity index (χ3v) is 4.05. The Bertz CT molecular complexity index is 704. The summed E-state index contributed by atoms with van der Waals surface area (Å²) in [6.45, 7) is 6.67. The lowest BCUT2D eigenvalue weighted by Gasteiger charge is -2.36. The quantitative estimate of drug-likeness (QED) is 0.423. The maximum Gasteiger partial charge on any atom is 0.225 e. The molecular weight excluding hydrogens is 446 g/mol. The molecule has 0 aliphatic carbocycles. The van der Waals surface area contributed by atoms with Crippen LogP contribution >= 0.6 is 24.0 Å². The van der Waals surface area contributed by atoms with Gasteiger partial charge in [0.2, 0.25) is 5.95 Å². The van der Waals surface area contributed by atoms with E-state index >= 15 is 0 Å². The van der Waals surface area contributed by atoms with Gasteiger partial charge in [-0.2, -0.15) is 0 Å². The Hall–Kier alpha value is -1.97. The SMILES string of the molecule is CCNC(=NCc1cccc(F)c1)N1CCN(c2ncccn2)CC1.I. The van der Waals surface area contributed by atoms with Crippen molar-refractivity contribution in [3.05, 3.63) is 54.1 Å². The van der Waals surface area contributed by atoms with Crippen LogP contribution in [0.25, 0.3) is 0 Å². The molecule has 0 spiro atoms. The summed E-state index contributed by atoms with van der Waals surface area (Å²) in [6, 6.07) is 8.40. The molecule has 0 atom stereocenters. The van der Waals surface area contributed by atoms with Crippen molar-refractivity contribution in [2.24, 2.45) is 4.99 Å². The van der Waals surface area contributed by atoms with Crippen LogP contribution in [-0.2, 0) is 6.54 Å². The van der Waals surface area contributed by atoms with Gasteiger partial charge in [0.25, 0.3) is 0 Å². The number of halogens is 2. The van der Waals surface area contributed by atoms with Gasteiger partial charge in [0.05, 0.1) is 6.54 Å². The number of benzene rings is 1. The lowest BCUT2D eigenvalue weighted by molar-refractivity contribution is 0.370. The summed E-state index contributed by atoms with van der Waals surface area (Å²) >= 11 is 0. The summed E-state index contributed by atoms with van der Waals surface area (Å²) in [6.07, 6.45) is 3.53. The molecule has 6 nitrogen and oxygen atoms in total. The average molecular weight is 470 g/mol. The largest absolute Gasteiger partial charge is 0.357 e. The maximum absolute atomic E-state index is 13.3. The molecule has 1 saturated heterocycles. The molecule has 1 aromatic heterocycles. The van der Waals surface area contributed by atoms with Gasteiger partial charge in [-0.3, -0.25) is 0 Å². The summed E-state index contributed by atoms with van der Waals surface area (Å²) in [5.41, 5.74) is 0.867. The zero-order valence-electron chi connectivity index (χ0n) is 14.8. The molecule has 8 heteroatoms. The first-order chi connectivity index (χ1) is 12.3. The molecule has 1 N–H and O–H groups in total. The molecule has 1 aliphatic heterocycles. The fourth-order valence-corrected chi connectivity index (χ4v) is 2.80. The summed E-state index contributed by atoms with van der Waals surface area (Å²) in [5, 5.41) is 3.32. The molecule has 1 fully saturated rings. The van der Waals surface area contributed by atoms with Crippen molar-refractivity contribution in [1.29, 1.82) is 0 Å². The zero-order valence-corrected chi connectivity index (χ0v) is 17.1. The van der Waals surface area contributed by atoms with Crippen LogP contribution in [-0.4, -0.2) is 53.6 Å². The Labute approximate surface area is 170 Å². The molecule has 2 aromatic rings. The topological polar surface area (TPSA) is 56.7 Å². The fraction of sp³-hybridized carbons (Fsp3) is 0.389. The molecule has 0 bridgehead atoms. The molecule has 0 amide bonds. The number of hydrogen-bond donors (Lipinski definition) is 1. The standard InChI is InChI=1S/C18H23FN6.HI/c1-2-20-17(23-14-15-5-3-6-16(19)13-15)24-9-11-25(12-10-24)18-21-7-4-8-22-18;/h3-8,13H,2,9-12,14H2,1H3,(H,20,23);1H. The normalized spacial score (nSPS) is 14.8. The number of hydrogen-bond acceptors (Lipinski definition) is 4. The minimum absolute atomic E-state index is 0. The molecular formula is C18H24FIN6. The highest BCUT2D eigenvalue weighted by atomic mass is 127. The van der Waals surface area contributed by atoms with Crippen molar-refractivity contribution in [1.82, 2.24) is 20.2 Å². The molecule has 26 heavy (non-hydrogen) atoms. The predicted molar refractivity (Wildman–Crippen MR) is 112 cm³/mol. The van der Waals surface area contributed by atoms with Gasteiger partial charge in [-0.25, -0.2) is 19.4 Å². The predicted octanol–water partition coefficient (Wildman–Crippen LogP) is 2.52. The molecule has 0 radical (unpaired) electrons. The Morgan fingerprint density at radius 2 is 1.88 bits per heavy atom. The van der Waals surface area contributed by atoms with E-state index in [0.717, 1.165) is 50.2 Å². The van der Waals surface area contributed by atoms with E-state index < -0.39 is 0 Å². The third kappa shape index (κ3) is 5.52. The van der Waals surface area contributed by atoms with Crippen LogP contribution in [0.2, 0.25) is 0 Å². The molecule has 140 valence electrons. The molecule has 1 aromatic carbocycles. The van der Waals surface area contributed by atoms with Crippen molar-refractivity contribution >= 4 is 35.9 Å². The van der Waals surface area contributed by atoms with Gasteiger partial charge in [-0.15, -0.1) is 24.0 Å². The highest BCUT2D eigenvalue weighted by Crippen LogP contribution is 2.11. The van der Waals surface area contributed by atoms with Crippen LogP contribution in [0.4, 0.5) is 10.3 Å². The Morgan fingerprint density at radius 1 is 1.15 bits per heavy atom. The summed E-state index contributed by atoms with van der Waals surface area (Å²) in [7, 11) is 0. The van der Waals surface area contributed by atoms with Gasteiger partial charge < -0.3 is 15.1 Å². The summed E-state index contributed by atoms with van der Waals surface area (Å²) in [4.78, 5) is 17.7. The number of aromatic nitrogens is 2. The van der Waals surface area contributed by atoms with Gasteiger partial charge in [-0.05, 0) is 30.7 Å². The van der Waals surface area contributed by atoms with E-state index in [-0.39, 0.29) is 29.8 Å². The smallest absolute Gasteiger partial charge is 0.225 e. The monoisotopic (exact) mass is 470 g/mol. The number of nitrogens with zero attached hydrogens (tertiary/aromatic N) is 5. The van der Waals surface area contributed by atoms with Gasteiger partial charge in [0.15, 0.2) is 5.96 Å². The van der Waals surface area contributed by atoms with E-state index in [1.54, 1.807) is 18.5 Å². The highest BCUT2D eigenvalue weighted by Gasteiger charge is 2.20. The van der Waals surface area contributed by atoms with Gasteiger partial charge in [-0.1, -0.05) is 12.1 Å². The number of anilines is 1. The summed E-state index contributed by atoms with van der Waals surface area (Å²) in [5.74, 6) is 1.40. The second-order valence-electron chi connectivity index (χ2n) is 5.82. The zero-order chi connectivity index (χ0) is 17.5. The van der Waals surface area contributed by atoms with Crippen molar-refractivity contribution in [3.8, 4) is 0 Å². The van der Waals surface area contributed by atoms with Crippen LogP contribution in [0.3, 0.4) is 0 Å². The molecule has 1 aliphatic rings. The molecule has 0 unspecified atom stereocenters. The third-order valence-electron chi connectivity index (χ3n) is 4.05. The Morgan fingerprint density at radius 3 is 2.54 bits per heavy atom. The lowest BCUT2D eigenvalue weighted by atomic mass is 10.2. The second-order valence-corrected chi connectivity index (χ2v) is 5.82. The minimum atomic E-state index is -0.228. The van der Waals surface area contributed by atoms with Crippen LogP contribution in [0.15, 0.2) is 47.7 Å². The first-order valence-corrected chi connectivity index (χ1v) is 8.56. The average Bonchev–Trinajstić information content (AvgIpc) is 2.66. The Balaban J connectivity index is 0.00000243. The van der Waals surface area contributed by atoms with E-state index in [1.165, 1.54) is 12.1 Å². The van der Waals surface area contributed by atoms with Crippen LogP contribution < -0.4 is 10.2 Å². The highest BCUT2D eigenvalue weighted by molar-refractivity contribution is 14.0. The second kappa shape index (κ2) is 10.2. The fourth-order valence-electron chi connectivity index (χ4n) is 2.80. The number of rotatable bonds is 4. The number of piperazine rings is 1. The molecule has 3 rings (SSSR count). The summed E-state index contributed by atoms with van der Waals surface area (Å²) < 4.78 is 13.3. The van der Waals surface area contributed by atoms with Crippen molar-refractivity contribution < 1.29 is 4.39 Å². The van der Waals surface area contributed by atoms with Gasteiger partial charge in [0, 0.05) is 45.1 Å². The number of aliphatic imine (C=N–C) groups is 1. The van der Waals surface area contributed by atoms with E-state index in [4.69, 9.17) is 0 Å². The van der Waals surface area contributed by atoms with E-state index in [1.807, 2.05) is 19.1 Å².